The molecule has 0 aliphatic heterocycles. The van der Waals surface area contributed by atoms with Crippen molar-refractivity contribution in [3.63, 3.8) is 0 Å². The Hall–Kier alpha value is -2.30. The molecule has 5 heteroatoms. The lowest BCUT2D eigenvalue weighted by molar-refractivity contribution is -0.403. The van der Waals surface area contributed by atoms with Gasteiger partial charge in [-0.1, -0.05) is 18.2 Å². The molecule has 0 spiro atoms. The maximum atomic E-state index is 10.5. The number of para-hydroxylation sites is 1. The molecule has 5 nitrogen and oxygen atoms in total. The number of rotatable bonds is 5. The van der Waals surface area contributed by atoms with E-state index in [1.54, 1.807) is 17.2 Å². The Morgan fingerprint density at radius 1 is 1.35 bits per heavy atom. The van der Waals surface area contributed by atoms with E-state index in [-0.39, 0.29) is 0 Å². The van der Waals surface area contributed by atoms with Crippen molar-refractivity contribution >= 4 is 5.69 Å². The van der Waals surface area contributed by atoms with E-state index in [2.05, 4.69) is 5.32 Å². The van der Waals surface area contributed by atoms with E-state index >= 15 is 0 Å². The summed E-state index contributed by atoms with van der Waals surface area (Å²) < 4.78 is 0. The van der Waals surface area contributed by atoms with E-state index in [1.807, 2.05) is 44.4 Å². The van der Waals surface area contributed by atoms with E-state index in [4.69, 9.17) is 0 Å². The van der Waals surface area contributed by atoms with Gasteiger partial charge in [0.05, 0.1) is 4.92 Å². The van der Waals surface area contributed by atoms with Gasteiger partial charge in [0.15, 0.2) is 0 Å². The standard InChI is InChI=1S/C12H15N3O2/c1-14(2)9-8-12(10-15(16)17)13-11-6-4-3-5-7-11/h3-10,13H,1-2H3/b9-8-,12-10+. The van der Waals surface area contributed by atoms with Gasteiger partial charge in [-0.05, 0) is 18.2 Å². The molecular formula is C12H15N3O2. The first-order valence-electron chi connectivity index (χ1n) is 5.10. The molecule has 1 N–H and O–H groups in total. The summed E-state index contributed by atoms with van der Waals surface area (Å²) in [6.45, 7) is 0. The Kier molecular flexibility index (Phi) is 4.75. The molecule has 0 saturated heterocycles. The Morgan fingerprint density at radius 2 is 2.00 bits per heavy atom. The van der Waals surface area contributed by atoms with Gasteiger partial charge in [-0.25, -0.2) is 0 Å². The molecule has 0 bridgehead atoms. The lowest BCUT2D eigenvalue weighted by Crippen LogP contribution is -2.04. The highest BCUT2D eigenvalue weighted by molar-refractivity contribution is 5.49. The van der Waals surface area contributed by atoms with Crippen LogP contribution in [-0.4, -0.2) is 23.9 Å². The van der Waals surface area contributed by atoms with Crippen molar-refractivity contribution in [3.8, 4) is 0 Å². The third kappa shape index (κ3) is 5.36. The molecule has 0 amide bonds. The van der Waals surface area contributed by atoms with Crippen LogP contribution in [-0.2, 0) is 0 Å². The van der Waals surface area contributed by atoms with E-state index in [9.17, 15) is 10.1 Å². The molecule has 0 fully saturated rings. The topological polar surface area (TPSA) is 58.4 Å². The zero-order valence-electron chi connectivity index (χ0n) is 9.83. The second-order valence-corrected chi connectivity index (χ2v) is 3.64. The van der Waals surface area contributed by atoms with Gasteiger partial charge in [0, 0.05) is 26.0 Å². The summed E-state index contributed by atoms with van der Waals surface area (Å²) >= 11 is 0. The van der Waals surface area contributed by atoms with Gasteiger partial charge < -0.3 is 10.2 Å². The first-order chi connectivity index (χ1) is 8.08. The molecule has 1 aromatic rings. The second-order valence-electron chi connectivity index (χ2n) is 3.64. The fourth-order valence-electron chi connectivity index (χ4n) is 1.15. The molecule has 0 aliphatic rings. The fourth-order valence-corrected chi connectivity index (χ4v) is 1.15. The van der Waals surface area contributed by atoms with Crippen LogP contribution in [0.25, 0.3) is 0 Å². The molecule has 0 aromatic heterocycles. The minimum atomic E-state index is -0.481. The van der Waals surface area contributed by atoms with Gasteiger partial charge in [0.1, 0.15) is 5.70 Å². The van der Waals surface area contributed by atoms with Crippen molar-refractivity contribution < 1.29 is 4.92 Å². The zero-order chi connectivity index (χ0) is 12.7. The molecule has 0 aliphatic carbocycles. The van der Waals surface area contributed by atoms with Crippen LogP contribution in [0.2, 0.25) is 0 Å². The van der Waals surface area contributed by atoms with E-state index in [1.165, 1.54) is 0 Å². The third-order valence-corrected chi connectivity index (χ3v) is 1.86. The largest absolute Gasteiger partial charge is 0.383 e. The predicted molar refractivity (Wildman–Crippen MR) is 68.0 cm³/mol. The molecule has 0 unspecified atom stereocenters. The summed E-state index contributed by atoms with van der Waals surface area (Å²) in [6, 6.07) is 9.30. The highest BCUT2D eigenvalue weighted by atomic mass is 16.6. The summed E-state index contributed by atoms with van der Waals surface area (Å²) in [7, 11) is 3.70. The van der Waals surface area contributed by atoms with Crippen LogP contribution in [0.15, 0.2) is 54.5 Å². The SMILES string of the molecule is CN(C)/C=C\C(=C/[N+](=O)[O-])Nc1ccccc1. The highest BCUT2D eigenvalue weighted by Crippen LogP contribution is 2.09. The predicted octanol–water partition coefficient (Wildman–Crippen LogP) is 2.29. The molecule has 0 heterocycles. The van der Waals surface area contributed by atoms with Gasteiger partial charge >= 0.3 is 0 Å². The molecule has 1 rings (SSSR count). The molecule has 90 valence electrons. The highest BCUT2D eigenvalue weighted by Gasteiger charge is 1.99. The normalized spacial score (nSPS) is 11.5. The lowest BCUT2D eigenvalue weighted by atomic mass is 10.3. The van der Waals surface area contributed by atoms with E-state index in [0.29, 0.717) is 5.70 Å². The third-order valence-electron chi connectivity index (χ3n) is 1.86. The van der Waals surface area contributed by atoms with Crippen LogP contribution >= 0.6 is 0 Å². The maximum Gasteiger partial charge on any atom is 0.257 e. The van der Waals surface area contributed by atoms with Crippen molar-refractivity contribution in [1.82, 2.24) is 4.90 Å². The molecule has 0 saturated carbocycles. The number of benzene rings is 1. The van der Waals surface area contributed by atoms with Crippen LogP contribution in [0.3, 0.4) is 0 Å². The molecule has 0 atom stereocenters. The molecule has 17 heavy (non-hydrogen) atoms. The van der Waals surface area contributed by atoms with Crippen molar-refractivity contribution in [2.24, 2.45) is 0 Å². The second kappa shape index (κ2) is 6.32. The maximum absolute atomic E-state index is 10.5. The number of nitro groups is 1. The van der Waals surface area contributed by atoms with Crippen LogP contribution in [0.1, 0.15) is 0 Å². The minimum Gasteiger partial charge on any atom is -0.383 e. The summed E-state index contributed by atoms with van der Waals surface area (Å²) in [5, 5.41) is 13.5. The van der Waals surface area contributed by atoms with Crippen molar-refractivity contribution in [3.05, 3.63) is 64.6 Å². The molecule has 0 radical (unpaired) electrons. The number of nitrogens with zero attached hydrogens (tertiary/aromatic N) is 2. The van der Waals surface area contributed by atoms with Gasteiger partial charge in [-0.15, -0.1) is 0 Å². The van der Waals surface area contributed by atoms with Crippen LogP contribution in [0, 0.1) is 10.1 Å². The van der Waals surface area contributed by atoms with E-state index in [0.717, 1.165) is 11.9 Å². The average molecular weight is 233 g/mol. The summed E-state index contributed by atoms with van der Waals surface area (Å²) in [5.74, 6) is 0. The minimum absolute atomic E-state index is 0.426. The summed E-state index contributed by atoms with van der Waals surface area (Å²) in [6.07, 6.45) is 4.33. The van der Waals surface area contributed by atoms with Gasteiger partial charge in [-0.2, -0.15) is 0 Å². The Morgan fingerprint density at radius 3 is 2.53 bits per heavy atom. The van der Waals surface area contributed by atoms with Crippen molar-refractivity contribution in [1.29, 1.82) is 0 Å². The molecule has 1 aromatic carbocycles. The lowest BCUT2D eigenvalue weighted by Gasteiger charge is -2.07. The number of nitrogens with one attached hydrogen (secondary N) is 1. The number of anilines is 1. The fraction of sp³-hybridized carbons (Fsp3) is 0.167. The van der Waals surface area contributed by atoms with Crippen LogP contribution in [0.5, 0.6) is 0 Å². The smallest absolute Gasteiger partial charge is 0.257 e. The van der Waals surface area contributed by atoms with Crippen LogP contribution in [0.4, 0.5) is 5.69 Å². The summed E-state index contributed by atoms with van der Waals surface area (Å²) in [5.41, 5.74) is 1.24. The zero-order valence-corrected chi connectivity index (χ0v) is 9.83. The van der Waals surface area contributed by atoms with E-state index < -0.39 is 4.92 Å². The van der Waals surface area contributed by atoms with Crippen LogP contribution < -0.4 is 5.32 Å². The molecular weight excluding hydrogens is 218 g/mol. The number of allylic oxidation sites excluding steroid dienone is 1. The first kappa shape index (κ1) is 12.8. The van der Waals surface area contributed by atoms with Crippen molar-refractivity contribution in [2.75, 3.05) is 19.4 Å². The van der Waals surface area contributed by atoms with Gasteiger partial charge in [0.2, 0.25) is 0 Å². The Balaban J connectivity index is 2.82. The Labute approximate surface area is 100 Å². The number of hydrogen-bond donors (Lipinski definition) is 1. The number of hydrogen-bond acceptors (Lipinski definition) is 4. The summed E-state index contributed by atoms with van der Waals surface area (Å²) in [4.78, 5) is 11.8. The average Bonchev–Trinajstić information content (AvgIpc) is 2.26. The first-order valence-corrected chi connectivity index (χ1v) is 5.10. The monoisotopic (exact) mass is 233 g/mol. The van der Waals surface area contributed by atoms with Crippen molar-refractivity contribution in [2.45, 2.75) is 0 Å². The Bertz CT molecular complexity index is 425. The van der Waals surface area contributed by atoms with Gasteiger partial charge in [-0.3, -0.25) is 10.1 Å². The van der Waals surface area contributed by atoms with Gasteiger partial charge in [0.25, 0.3) is 6.20 Å². The quantitative estimate of drug-likeness (QED) is 0.481.